The van der Waals surface area contributed by atoms with Gasteiger partial charge in [-0.15, -0.1) is 0 Å². The molecule has 2 rings (SSSR count). The Labute approximate surface area is 204 Å². The molecule has 0 unspecified atom stereocenters. The summed E-state index contributed by atoms with van der Waals surface area (Å²) >= 11 is 0. The zero-order valence-corrected chi connectivity index (χ0v) is 21.9. The second-order valence-electron chi connectivity index (χ2n) is 8.72. The molecule has 0 aromatic heterocycles. The smallest absolute Gasteiger partial charge is 0.0639 e. The van der Waals surface area contributed by atoms with Crippen molar-refractivity contribution >= 4 is 22.8 Å². The van der Waals surface area contributed by atoms with Gasteiger partial charge in [0.15, 0.2) is 0 Å². The zero-order valence-electron chi connectivity index (χ0n) is 20.3. The molecule has 0 radical (unpaired) electrons. The van der Waals surface area contributed by atoms with E-state index in [0.717, 1.165) is 36.3 Å². The molecule has 0 atom stereocenters. The van der Waals surface area contributed by atoms with Crippen LogP contribution >= 0.6 is 0 Å². The van der Waals surface area contributed by atoms with Crippen LogP contribution in [0.4, 0.5) is 11.4 Å². The van der Waals surface area contributed by atoms with Gasteiger partial charge in [-0.2, -0.15) is 0 Å². The minimum Gasteiger partial charge on any atom is -0.252 e. The largest absolute Gasteiger partial charge is 0.252 e. The topological polar surface area (TPSA) is 24.7 Å². The van der Waals surface area contributed by atoms with Crippen LogP contribution in [0.5, 0.6) is 0 Å². The van der Waals surface area contributed by atoms with E-state index in [1.165, 1.54) is 60.1 Å². The summed E-state index contributed by atoms with van der Waals surface area (Å²) < 4.78 is 0. The summed E-state index contributed by atoms with van der Waals surface area (Å²) in [6.45, 7) is 13.1. The van der Waals surface area contributed by atoms with Crippen LogP contribution in [-0.4, -0.2) is 11.4 Å². The van der Waals surface area contributed by atoms with Crippen molar-refractivity contribution in [2.75, 3.05) is 0 Å². The number of unbranched alkanes of at least 4 members (excludes halogenated alkanes) is 4. The third kappa shape index (κ3) is 10.1. The Balaban J connectivity index is 0.00000480. The average molecular weight is 511 g/mol. The maximum absolute atomic E-state index is 5.16. The normalized spacial score (nSPS) is 12.1. The van der Waals surface area contributed by atoms with Gasteiger partial charge >= 0.3 is 0 Å². The minimum absolute atomic E-state index is 0. The van der Waals surface area contributed by atoms with Crippen molar-refractivity contribution in [2.24, 2.45) is 9.98 Å². The minimum atomic E-state index is 0. The molecular weight excluding hydrogens is 471 g/mol. The van der Waals surface area contributed by atoms with E-state index in [1.54, 1.807) is 0 Å². The third-order valence-electron chi connectivity index (χ3n) is 5.31. The maximum atomic E-state index is 5.16. The van der Waals surface area contributed by atoms with Crippen molar-refractivity contribution in [2.45, 2.75) is 92.9 Å². The average Bonchev–Trinajstić information content (AvgIpc) is 2.66. The first-order chi connectivity index (χ1) is 14.4. The summed E-state index contributed by atoms with van der Waals surface area (Å²) in [7, 11) is 0. The Morgan fingerprint density at radius 2 is 0.935 bits per heavy atom. The molecule has 3 heteroatoms. The number of aliphatic imine (C=N–C) groups is 2. The number of rotatable bonds is 11. The fourth-order valence-corrected chi connectivity index (χ4v) is 3.93. The zero-order chi connectivity index (χ0) is 21.9. The van der Waals surface area contributed by atoms with Gasteiger partial charge in [0.1, 0.15) is 0 Å². The van der Waals surface area contributed by atoms with Crippen LogP contribution in [0.15, 0.2) is 46.4 Å². The molecule has 0 saturated heterocycles. The molecule has 0 N–H and O–H groups in total. The van der Waals surface area contributed by atoms with Crippen molar-refractivity contribution in [1.29, 1.82) is 0 Å². The Morgan fingerprint density at radius 1 is 0.548 bits per heavy atom. The van der Waals surface area contributed by atoms with Gasteiger partial charge in [-0.1, -0.05) is 51.7 Å². The van der Waals surface area contributed by atoms with Crippen molar-refractivity contribution < 1.29 is 20.4 Å². The molecule has 0 aliphatic heterocycles. The van der Waals surface area contributed by atoms with Crippen molar-refractivity contribution in [3.63, 3.8) is 0 Å². The Bertz CT molecular complexity index is 840. The van der Waals surface area contributed by atoms with E-state index in [2.05, 4.69) is 77.9 Å². The van der Waals surface area contributed by atoms with Gasteiger partial charge in [0.2, 0.25) is 0 Å². The Kier molecular flexibility index (Phi) is 12.8. The second kappa shape index (κ2) is 14.5. The summed E-state index contributed by atoms with van der Waals surface area (Å²) in [5, 5.41) is 0. The van der Waals surface area contributed by atoms with E-state index in [4.69, 9.17) is 9.98 Å². The summed E-state index contributed by atoms with van der Waals surface area (Å²) in [6, 6.07) is 13.2. The van der Waals surface area contributed by atoms with Crippen LogP contribution in [0.2, 0.25) is 0 Å². The molecule has 0 bridgehead atoms. The van der Waals surface area contributed by atoms with Crippen LogP contribution in [0.25, 0.3) is 0 Å². The van der Waals surface area contributed by atoms with E-state index >= 15 is 0 Å². The molecule has 0 amide bonds. The maximum Gasteiger partial charge on any atom is 0.0639 e. The van der Waals surface area contributed by atoms with Gasteiger partial charge < -0.3 is 0 Å². The van der Waals surface area contributed by atoms with Gasteiger partial charge in [-0.05, 0) is 99.9 Å². The Morgan fingerprint density at radius 3 is 1.32 bits per heavy atom. The van der Waals surface area contributed by atoms with Crippen molar-refractivity contribution in [3.8, 4) is 0 Å². The van der Waals surface area contributed by atoms with Crippen molar-refractivity contribution in [1.82, 2.24) is 0 Å². The first-order valence-corrected chi connectivity index (χ1v) is 11.7. The number of hydrogen-bond donors (Lipinski definition) is 0. The molecular formula is C28H40N2Pd. The van der Waals surface area contributed by atoms with Gasteiger partial charge in [-0.25, -0.2) is 0 Å². The standard InChI is InChI=1S/C28H40N2.Pd/c1-7-9-11-12-14-28(30-26-19-23(5)16-24(6)20-26)27(13-10-8-2)29-25-17-21(3)15-22(4)18-25;/h15-20H,7-14H2,1-6H3;. The monoisotopic (exact) mass is 510 g/mol. The predicted octanol–water partition coefficient (Wildman–Crippen LogP) is 8.92. The molecule has 2 aromatic rings. The molecule has 0 heterocycles. The summed E-state index contributed by atoms with van der Waals surface area (Å²) in [5.74, 6) is 0. The molecule has 0 fully saturated rings. The van der Waals surface area contributed by atoms with E-state index in [1.807, 2.05) is 0 Å². The number of aryl methyl sites for hydroxylation is 4. The van der Waals surface area contributed by atoms with Crippen LogP contribution in [0.3, 0.4) is 0 Å². The van der Waals surface area contributed by atoms with Crippen LogP contribution in [0, 0.1) is 27.7 Å². The van der Waals surface area contributed by atoms with Crippen molar-refractivity contribution in [3.05, 3.63) is 58.7 Å². The van der Waals surface area contributed by atoms with Gasteiger partial charge in [0.05, 0.1) is 22.8 Å². The second-order valence-corrected chi connectivity index (χ2v) is 8.72. The fraction of sp³-hybridized carbons (Fsp3) is 0.500. The van der Waals surface area contributed by atoms with E-state index < -0.39 is 0 Å². The number of benzene rings is 2. The quantitative estimate of drug-likeness (QED) is 0.164. The summed E-state index contributed by atoms with van der Waals surface area (Å²) in [6.07, 6.45) is 9.27. The fourth-order valence-electron chi connectivity index (χ4n) is 3.93. The molecule has 2 nitrogen and oxygen atoms in total. The third-order valence-corrected chi connectivity index (χ3v) is 5.31. The van der Waals surface area contributed by atoms with Gasteiger partial charge in [0.25, 0.3) is 0 Å². The molecule has 31 heavy (non-hydrogen) atoms. The van der Waals surface area contributed by atoms with E-state index in [-0.39, 0.29) is 20.4 Å². The number of nitrogens with zero attached hydrogens (tertiary/aromatic N) is 2. The Hall–Kier alpha value is -1.56. The van der Waals surface area contributed by atoms with Gasteiger partial charge in [0, 0.05) is 20.4 Å². The van der Waals surface area contributed by atoms with Crippen LogP contribution in [0.1, 0.15) is 87.5 Å². The van der Waals surface area contributed by atoms with Crippen LogP contribution < -0.4 is 0 Å². The molecule has 0 aliphatic rings. The molecule has 0 spiro atoms. The van der Waals surface area contributed by atoms with E-state index in [9.17, 15) is 0 Å². The molecule has 0 saturated carbocycles. The van der Waals surface area contributed by atoms with Crippen LogP contribution in [-0.2, 0) is 20.4 Å². The summed E-state index contributed by atoms with van der Waals surface area (Å²) in [4.78, 5) is 10.3. The predicted molar refractivity (Wildman–Crippen MR) is 134 cm³/mol. The van der Waals surface area contributed by atoms with Gasteiger partial charge in [-0.3, -0.25) is 9.98 Å². The molecule has 2 aromatic carbocycles. The molecule has 172 valence electrons. The summed E-state index contributed by atoms with van der Waals surface area (Å²) in [5.41, 5.74) is 9.50. The first-order valence-electron chi connectivity index (χ1n) is 11.7. The first kappa shape index (κ1) is 27.5. The van der Waals surface area contributed by atoms with E-state index in [0.29, 0.717) is 0 Å². The number of hydrogen-bond acceptors (Lipinski definition) is 2. The molecule has 0 aliphatic carbocycles. The SMILES string of the molecule is CCCCCCC(=Nc1cc(C)cc(C)c1)C(CCCC)=Nc1cc(C)cc(C)c1.[Pd].